The molecule has 0 aromatic heterocycles. The fourth-order valence-electron chi connectivity index (χ4n) is 1.98. The molecule has 0 aliphatic heterocycles. The molecule has 0 aliphatic carbocycles. The first-order chi connectivity index (χ1) is 9.54. The van der Waals surface area contributed by atoms with Crippen LogP contribution >= 0.6 is 0 Å². The molecule has 0 saturated heterocycles. The number of nitrogens with two attached hydrogens (primary N) is 1. The van der Waals surface area contributed by atoms with Crippen LogP contribution in [-0.4, -0.2) is 21.5 Å². The van der Waals surface area contributed by atoms with E-state index in [-0.39, 0.29) is 11.3 Å². The van der Waals surface area contributed by atoms with Crippen LogP contribution in [0.3, 0.4) is 0 Å². The van der Waals surface area contributed by atoms with Gasteiger partial charge in [-0.1, -0.05) is 0 Å². The highest BCUT2D eigenvalue weighted by Gasteiger charge is 2.32. The second kappa shape index (κ2) is 4.64. The summed E-state index contributed by atoms with van der Waals surface area (Å²) in [6.45, 7) is 1.26. The Kier molecular flexibility index (Phi) is 3.34. The van der Waals surface area contributed by atoms with Crippen molar-refractivity contribution in [2.75, 3.05) is 5.73 Å². The third kappa shape index (κ3) is 2.41. The molecule has 0 bridgehead atoms. The number of halogens is 4. The first-order valence-electron chi connectivity index (χ1n) is 5.45. The van der Waals surface area contributed by atoms with Gasteiger partial charge in [-0.2, -0.15) is 4.39 Å². The molecule has 114 valence electrons. The van der Waals surface area contributed by atoms with E-state index in [9.17, 15) is 22.7 Å². The quantitative estimate of drug-likeness (QED) is 0.223. The van der Waals surface area contributed by atoms with Gasteiger partial charge in [0.15, 0.2) is 17.4 Å². The number of aryl methyl sites for hydroxylation is 1. The van der Waals surface area contributed by atoms with Gasteiger partial charge in [0, 0.05) is 5.39 Å². The molecular formula is C12H9F4NO4. The van der Waals surface area contributed by atoms with Crippen LogP contribution in [0, 0.1) is 24.4 Å². The Morgan fingerprint density at radius 3 is 2.19 bits per heavy atom. The van der Waals surface area contributed by atoms with Gasteiger partial charge in [-0.3, -0.25) is 0 Å². The van der Waals surface area contributed by atoms with Gasteiger partial charge in [0.1, 0.15) is 5.75 Å². The lowest BCUT2D eigenvalue weighted by molar-refractivity contribution is -0.375. The number of benzene rings is 2. The first-order valence-corrected chi connectivity index (χ1v) is 5.45. The molecule has 5 nitrogen and oxygen atoms in total. The zero-order valence-corrected chi connectivity index (χ0v) is 10.4. The van der Waals surface area contributed by atoms with E-state index in [1.54, 1.807) is 0 Å². The van der Waals surface area contributed by atoms with Crippen LogP contribution in [0.1, 0.15) is 5.56 Å². The number of hydrogen-bond acceptors (Lipinski definition) is 5. The maximum absolute atomic E-state index is 13.8. The predicted octanol–water partition coefficient (Wildman–Crippen LogP) is 1.80. The summed E-state index contributed by atoms with van der Waals surface area (Å²) in [5.74, 6) is -8.09. The van der Waals surface area contributed by atoms with Gasteiger partial charge in [-0.15, -0.1) is 4.39 Å². The number of aliphatic hydroxyl groups is 2. The standard InChI is InChI=1S/C12H9F4NO4/c1-3-2-4(17)10(18)6-5(3)11(21-12(16,19)20)9(15)8(14)7(6)13/h2,18-20H,17H2,1H3. The van der Waals surface area contributed by atoms with E-state index in [0.717, 1.165) is 6.07 Å². The maximum Gasteiger partial charge on any atom is 0.492 e. The minimum atomic E-state index is -4.33. The number of hydrogen-bond donors (Lipinski definition) is 4. The second-order valence-corrected chi connectivity index (χ2v) is 4.28. The average Bonchev–Trinajstić information content (AvgIpc) is 2.35. The van der Waals surface area contributed by atoms with Crippen LogP contribution in [0.5, 0.6) is 11.5 Å². The van der Waals surface area contributed by atoms with Crippen molar-refractivity contribution in [3.63, 3.8) is 0 Å². The van der Waals surface area contributed by atoms with Crippen LogP contribution in [0.25, 0.3) is 10.8 Å². The lowest BCUT2D eigenvalue weighted by atomic mass is 10.0. The molecule has 0 fully saturated rings. The first kappa shape index (κ1) is 15.1. The number of nitrogen functional groups attached to an aromatic ring is 1. The molecule has 5 N–H and O–H groups in total. The van der Waals surface area contributed by atoms with Gasteiger partial charge < -0.3 is 25.8 Å². The summed E-state index contributed by atoms with van der Waals surface area (Å²) in [4.78, 5) is 0. The summed E-state index contributed by atoms with van der Waals surface area (Å²) < 4.78 is 57.6. The Morgan fingerprint density at radius 1 is 1.10 bits per heavy atom. The summed E-state index contributed by atoms with van der Waals surface area (Å²) in [5.41, 5.74) is 5.02. The topological polar surface area (TPSA) is 95.9 Å². The molecule has 0 radical (unpaired) electrons. The number of fused-ring (bicyclic) bond motifs is 1. The average molecular weight is 307 g/mol. The van der Waals surface area contributed by atoms with Crippen molar-refractivity contribution in [1.82, 2.24) is 0 Å². The highest BCUT2D eigenvalue weighted by atomic mass is 19.2. The van der Waals surface area contributed by atoms with Gasteiger partial charge in [-0.25, -0.2) is 8.78 Å². The molecule has 2 aromatic carbocycles. The molecule has 21 heavy (non-hydrogen) atoms. The van der Waals surface area contributed by atoms with E-state index in [4.69, 9.17) is 15.9 Å². The Morgan fingerprint density at radius 2 is 1.67 bits per heavy atom. The molecular weight excluding hydrogens is 298 g/mol. The number of ether oxygens (including phenoxy) is 1. The number of anilines is 1. The second-order valence-electron chi connectivity index (χ2n) is 4.28. The van der Waals surface area contributed by atoms with Gasteiger partial charge >= 0.3 is 6.23 Å². The number of rotatable bonds is 2. The van der Waals surface area contributed by atoms with Crippen molar-refractivity contribution < 1.29 is 37.6 Å². The van der Waals surface area contributed by atoms with E-state index < -0.39 is 46.0 Å². The summed E-state index contributed by atoms with van der Waals surface area (Å²) in [6, 6.07) is 1.07. The molecule has 2 rings (SSSR count). The lowest BCUT2D eigenvalue weighted by Gasteiger charge is -2.18. The molecule has 0 unspecified atom stereocenters. The summed E-state index contributed by atoms with van der Waals surface area (Å²) in [5, 5.41) is 25.3. The molecule has 9 heteroatoms. The normalized spacial score (nSPS) is 12.0. The zero-order valence-electron chi connectivity index (χ0n) is 10.4. The summed E-state index contributed by atoms with van der Waals surface area (Å²) in [7, 11) is 0. The number of phenols is 1. The van der Waals surface area contributed by atoms with Crippen molar-refractivity contribution in [2.24, 2.45) is 0 Å². The van der Waals surface area contributed by atoms with Crippen molar-refractivity contribution in [2.45, 2.75) is 13.2 Å². The van der Waals surface area contributed by atoms with Gasteiger partial charge in [0.05, 0.1) is 11.1 Å². The van der Waals surface area contributed by atoms with Crippen LogP contribution in [-0.2, 0) is 0 Å². The molecule has 0 atom stereocenters. The van der Waals surface area contributed by atoms with Gasteiger partial charge in [0.25, 0.3) is 0 Å². The largest absolute Gasteiger partial charge is 0.505 e. The third-order valence-electron chi connectivity index (χ3n) is 2.79. The van der Waals surface area contributed by atoms with Crippen LogP contribution in [0.4, 0.5) is 23.2 Å². The SMILES string of the molecule is Cc1cc(N)c(O)c2c(F)c(F)c(F)c(OC(O)(O)F)c12. The predicted molar refractivity (Wildman–Crippen MR) is 63.5 cm³/mol. The van der Waals surface area contributed by atoms with Crippen molar-refractivity contribution >= 4 is 16.5 Å². The third-order valence-corrected chi connectivity index (χ3v) is 2.79. The van der Waals surface area contributed by atoms with Gasteiger partial charge in [-0.05, 0) is 18.6 Å². The Labute approximate surface area is 114 Å². The number of aromatic hydroxyl groups is 1. The maximum atomic E-state index is 13.8. The molecule has 0 amide bonds. The molecule has 0 aliphatic rings. The summed E-state index contributed by atoms with van der Waals surface area (Å²) >= 11 is 0. The van der Waals surface area contributed by atoms with Gasteiger partial charge in [0.2, 0.25) is 5.82 Å². The highest BCUT2D eigenvalue weighted by Crippen LogP contribution is 2.43. The van der Waals surface area contributed by atoms with Crippen molar-refractivity contribution in [1.29, 1.82) is 0 Å². The Hall–Kier alpha value is -2.26. The lowest BCUT2D eigenvalue weighted by Crippen LogP contribution is -2.30. The molecule has 0 heterocycles. The van der Waals surface area contributed by atoms with Crippen molar-refractivity contribution in [3.05, 3.63) is 29.1 Å². The van der Waals surface area contributed by atoms with E-state index in [1.807, 2.05) is 0 Å². The Balaban J connectivity index is 3.01. The molecule has 0 saturated carbocycles. The number of phenolic OH excluding ortho intramolecular Hbond substituents is 1. The smallest absolute Gasteiger partial charge is 0.492 e. The van der Waals surface area contributed by atoms with Crippen LogP contribution in [0.2, 0.25) is 0 Å². The minimum absolute atomic E-state index is 0.0163. The number of alkyl halides is 1. The molecule has 2 aromatic rings. The molecule has 0 spiro atoms. The summed E-state index contributed by atoms with van der Waals surface area (Å²) in [6.07, 6.45) is -4.33. The fourth-order valence-corrected chi connectivity index (χ4v) is 1.98. The van der Waals surface area contributed by atoms with Crippen LogP contribution in [0.15, 0.2) is 6.07 Å². The van der Waals surface area contributed by atoms with E-state index >= 15 is 0 Å². The fraction of sp³-hybridized carbons (Fsp3) is 0.167. The van der Waals surface area contributed by atoms with E-state index in [2.05, 4.69) is 4.74 Å². The van der Waals surface area contributed by atoms with Crippen LogP contribution < -0.4 is 10.5 Å². The van der Waals surface area contributed by atoms with E-state index in [1.165, 1.54) is 6.92 Å². The highest BCUT2D eigenvalue weighted by molar-refractivity contribution is 5.99. The van der Waals surface area contributed by atoms with E-state index in [0.29, 0.717) is 0 Å². The Bertz CT molecular complexity index is 743. The zero-order chi connectivity index (χ0) is 16.1. The van der Waals surface area contributed by atoms with Crippen molar-refractivity contribution in [3.8, 4) is 11.5 Å². The monoisotopic (exact) mass is 307 g/mol. The minimum Gasteiger partial charge on any atom is -0.505 e.